The first kappa shape index (κ1) is 22.0. The Morgan fingerprint density at radius 2 is 1.80 bits per heavy atom. The molecule has 1 aromatic carbocycles. The number of benzene rings is 1. The molecular formula is C19H33IN4O. The highest BCUT2D eigenvalue weighted by atomic mass is 127. The number of likely N-dealkylation sites (tertiary alicyclic amines) is 1. The van der Waals surface area contributed by atoms with Gasteiger partial charge in [-0.05, 0) is 57.5 Å². The number of piperidine rings is 1. The van der Waals surface area contributed by atoms with E-state index >= 15 is 0 Å². The van der Waals surface area contributed by atoms with E-state index < -0.39 is 0 Å². The summed E-state index contributed by atoms with van der Waals surface area (Å²) in [4.78, 5) is 6.82. The molecule has 1 heterocycles. The largest absolute Gasteiger partial charge is 0.491 e. The minimum absolute atomic E-state index is 0. The summed E-state index contributed by atoms with van der Waals surface area (Å²) in [5.41, 5.74) is 1.21. The van der Waals surface area contributed by atoms with Crippen molar-refractivity contribution < 1.29 is 4.74 Å². The van der Waals surface area contributed by atoms with Crippen molar-refractivity contribution in [3.05, 3.63) is 29.8 Å². The van der Waals surface area contributed by atoms with Gasteiger partial charge in [0.25, 0.3) is 0 Å². The third-order valence-electron chi connectivity index (χ3n) is 4.15. The highest BCUT2D eigenvalue weighted by Crippen LogP contribution is 2.13. The van der Waals surface area contributed by atoms with Crippen LogP contribution in [0.15, 0.2) is 29.3 Å². The molecule has 0 unspecified atom stereocenters. The van der Waals surface area contributed by atoms with Gasteiger partial charge in [0, 0.05) is 26.7 Å². The maximum atomic E-state index is 5.67. The lowest BCUT2D eigenvalue weighted by atomic mass is 10.1. The molecule has 1 aliphatic rings. The molecule has 6 heteroatoms. The van der Waals surface area contributed by atoms with E-state index in [1.165, 1.54) is 37.9 Å². The van der Waals surface area contributed by atoms with Crippen LogP contribution in [0.3, 0.4) is 0 Å². The third-order valence-corrected chi connectivity index (χ3v) is 4.15. The first-order valence-corrected chi connectivity index (χ1v) is 9.10. The first-order valence-electron chi connectivity index (χ1n) is 9.10. The van der Waals surface area contributed by atoms with Gasteiger partial charge in [-0.1, -0.05) is 18.6 Å². The van der Waals surface area contributed by atoms with Crippen LogP contribution in [0.2, 0.25) is 0 Å². The molecule has 0 saturated carbocycles. The number of nitrogens with zero attached hydrogens (tertiary/aromatic N) is 2. The SMILES string of the molecule is CN=C(NCCN1CCCCC1)NCc1ccc(OC(C)C)cc1.I. The molecule has 0 amide bonds. The lowest BCUT2D eigenvalue weighted by Crippen LogP contribution is -2.42. The van der Waals surface area contributed by atoms with Crippen molar-refractivity contribution in [3.63, 3.8) is 0 Å². The fourth-order valence-corrected chi connectivity index (χ4v) is 2.88. The van der Waals surface area contributed by atoms with Crippen molar-refractivity contribution >= 4 is 29.9 Å². The Balaban J connectivity index is 0.00000312. The van der Waals surface area contributed by atoms with Crippen LogP contribution in [0.25, 0.3) is 0 Å². The van der Waals surface area contributed by atoms with Crippen LogP contribution in [-0.2, 0) is 6.54 Å². The van der Waals surface area contributed by atoms with Gasteiger partial charge >= 0.3 is 0 Å². The molecule has 0 spiro atoms. The zero-order chi connectivity index (χ0) is 17.2. The molecule has 0 bridgehead atoms. The number of guanidine groups is 1. The molecule has 0 radical (unpaired) electrons. The number of halogens is 1. The van der Waals surface area contributed by atoms with Gasteiger partial charge < -0.3 is 20.3 Å². The van der Waals surface area contributed by atoms with Gasteiger partial charge in [-0.3, -0.25) is 4.99 Å². The second kappa shape index (κ2) is 12.4. The van der Waals surface area contributed by atoms with E-state index in [4.69, 9.17) is 4.74 Å². The van der Waals surface area contributed by atoms with Crippen LogP contribution in [-0.4, -0.2) is 50.2 Å². The molecule has 2 rings (SSSR count). The Hall–Kier alpha value is -1.02. The number of rotatable bonds is 7. The van der Waals surface area contributed by atoms with Gasteiger partial charge in [0.15, 0.2) is 5.96 Å². The molecule has 0 aliphatic carbocycles. The molecule has 1 saturated heterocycles. The van der Waals surface area contributed by atoms with E-state index in [1.807, 2.05) is 33.0 Å². The molecule has 1 aromatic rings. The monoisotopic (exact) mass is 460 g/mol. The van der Waals surface area contributed by atoms with Gasteiger partial charge in [-0.25, -0.2) is 0 Å². The van der Waals surface area contributed by atoms with E-state index in [-0.39, 0.29) is 30.1 Å². The number of hydrogen-bond acceptors (Lipinski definition) is 3. The molecule has 1 fully saturated rings. The van der Waals surface area contributed by atoms with Crippen LogP contribution < -0.4 is 15.4 Å². The summed E-state index contributed by atoms with van der Waals surface area (Å²) in [6, 6.07) is 8.21. The van der Waals surface area contributed by atoms with Gasteiger partial charge in [0.2, 0.25) is 0 Å². The van der Waals surface area contributed by atoms with Crippen molar-refractivity contribution in [3.8, 4) is 5.75 Å². The number of nitrogens with one attached hydrogen (secondary N) is 2. The van der Waals surface area contributed by atoms with E-state index in [9.17, 15) is 0 Å². The van der Waals surface area contributed by atoms with E-state index in [0.29, 0.717) is 0 Å². The van der Waals surface area contributed by atoms with Crippen molar-refractivity contribution in [2.45, 2.75) is 45.8 Å². The van der Waals surface area contributed by atoms with Crippen LogP contribution in [0, 0.1) is 0 Å². The average Bonchev–Trinajstić information content (AvgIpc) is 2.59. The minimum atomic E-state index is 0. The average molecular weight is 460 g/mol. The molecule has 1 aliphatic heterocycles. The topological polar surface area (TPSA) is 48.9 Å². The first-order chi connectivity index (χ1) is 11.7. The minimum Gasteiger partial charge on any atom is -0.491 e. The van der Waals surface area contributed by atoms with Gasteiger partial charge in [-0.2, -0.15) is 0 Å². The zero-order valence-electron chi connectivity index (χ0n) is 15.8. The molecule has 5 nitrogen and oxygen atoms in total. The fourth-order valence-electron chi connectivity index (χ4n) is 2.88. The molecule has 25 heavy (non-hydrogen) atoms. The maximum absolute atomic E-state index is 5.67. The number of hydrogen-bond donors (Lipinski definition) is 2. The quantitative estimate of drug-likeness (QED) is 0.373. The Labute approximate surface area is 169 Å². The van der Waals surface area contributed by atoms with Gasteiger partial charge in [-0.15, -0.1) is 24.0 Å². The summed E-state index contributed by atoms with van der Waals surface area (Å²) in [5.74, 6) is 1.77. The lowest BCUT2D eigenvalue weighted by Gasteiger charge is -2.26. The summed E-state index contributed by atoms with van der Waals surface area (Å²) in [6.07, 6.45) is 4.26. The van der Waals surface area contributed by atoms with Gasteiger partial charge in [0.05, 0.1) is 6.10 Å². The van der Waals surface area contributed by atoms with E-state index in [1.54, 1.807) is 0 Å². The number of ether oxygens (including phenoxy) is 1. The van der Waals surface area contributed by atoms with Crippen molar-refractivity contribution in [1.29, 1.82) is 0 Å². The molecule has 142 valence electrons. The smallest absolute Gasteiger partial charge is 0.191 e. The highest BCUT2D eigenvalue weighted by molar-refractivity contribution is 14.0. The second-order valence-electron chi connectivity index (χ2n) is 6.57. The van der Waals surface area contributed by atoms with E-state index in [2.05, 4.69) is 32.7 Å². The lowest BCUT2D eigenvalue weighted by molar-refractivity contribution is 0.232. The summed E-state index contributed by atoms with van der Waals surface area (Å²) in [7, 11) is 1.82. The second-order valence-corrected chi connectivity index (χ2v) is 6.57. The summed E-state index contributed by atoms with van der Waals surface area (Å²) >= 11 is 0. The van der Waals surface area contributed by atoms with E-state index in [0.717, 1.165) is 31.3 Å². The van der Waals surface area contributed by atoms with Gasteiger partial charge in [0.1, 0.15) is 5.75 Å². The highest BCUT2D eigenvalue weighted by Gasteiger charge is 2.09. The molecule has 0 aromatic heterocycles. The normalized spacial score (nSPS) is 15.6. The summed E-state index contributed by atoms with van der Waals surface area (Å²) in [5, 5.41) is 6.76. The van der Waals surface area contributed by atoms with Crippen LogP contribution >= 0.6 is 24.0 Å². The third kappa shape index (κ3) is 8.76. The maximum Gasteiger partial charge on any atom is 0.191 e. The standard InChI is InChI=1S/C19H32N4O.HI/c1-16(2)24-18-9-7-17(8-10-18)15-22-19(20-3)21-11-14-23-12-5-4-6-13-23;/h7-10,16H,4-6,11-15H2,1-3H3,(H2,20,21,22);1H. The fraction of sp³-hybridized carbons (Fsp3) is 0.632. The Bertz CT molecular complexity index is 499. The Kier molecular flexibility index (Phi) is 10.9. The molecule has 0 atom stereocenters. The molecular weight excluding hydrogens is 427 g/mol. The summed E-state index contributed by atoms with van der Waals surface area (Å²) < 4.78 is 5.67. The van der Waals surface area contributed by atoms with Crippen LogP contribution in [0.5, 0.6) is 5.75 Å². The van der Waals surface area contributed by atoms with Crippen molar-refractivity contribution in [1.82, 2.24) is 15.5 Å². The Morgan fingerprint density at radius 3 is 2.40 bits per heavy atom. The van der Waals surface area contributed by atoms with Crippen LogP contribution in [0.4, 0.5) is 0 Å². The number of aliphatic imine (C=N–C) groups is 1. The molecule has 2 N–H and O–H groups in total. The van der Waals surface area contributed by atoms with Crippen LogP contribution in [0.1, 0.15) is 38.7 Å². The predicted octanol–water partition coefficient (Wildman–Crippen LogP) is 3.24. The zero-order valence-corrected chi connectivity index (χ0v) is 18.1. The Morgan fingerprint density at radius 1 is 1.12 bits per heavy atom. The predicted molar refractivity (Wildman–Crippen MR) is 116 cm³/mol. The van der Waals surface area contributed by atoms with Crippen molar-refractivity contribution in [2.24, 2.45) is 4.99 Å². The summed E-state index contributed by atoms with van der Waals surface area (Å²) in [6.45, 7) is 9.31. The van der Waals surface area contributed by atoms with Crippen molar-refractivity contribution in [2.75, 3.05) is 33.2 Å².